The second-order valence-corrected chi connectivity index (χ2v) is 8.96. The number of para-hydroxylation sites is 1. The molecular formula is C30H27NO5. The van der Waals surface area contributed by atoms with Crippen LogP contribution in [0.2, 0.25) is 0 Å². The molecule has 2 heterocycles. The van der Waals surface area contributed by atoms with Crippen LogP contribution in [0.4, 0.5) is 0 Å². The number of nitrogens with zero attached hydrogens (tertiary/aromatic N) is 1. The van der Waals surface area contributed by atoms with Crippen LogP contribution in [0.1, 0.15) is 42.2 Å². The summed E-state index contributed by atoms with van der Waals surface area (Å²) in [5.41, 5.74) is 3.67. The Morgan fingerprint density at radius 3 is 2.44 bits per heavy atom. The molecule has 5 aromatic rings. The lowest BCUT2D eigenvalue weighted by atomic mass is 10.1. The van der Waals surface area contributed by atoms with E-state index in [2.05, 4.69) is 4.98 Å². The van der Waals surface area contributed by atoms with Crippen LogP contribution in [0.15, 0.2) is 88.2 Å². The van der Waals surface area contributed by atoms with E-state index < -0.39 is 0 Å². The molecule has 0 saturated carbocycles. The molecule has 182 valence electrons. The first-order valence-electron chi connectivity index (χ1n) is 11.9. The fourth-order valence-corrected chi connectivity index (χ4v) is 4.18. The number of pyridine rings is 1. The number of benzene rings is 3. The second kappa shape index (κ2) is 10.2. The Balaban J connectivity index is 1.52. The molecule has 2 aromatic heterocycles. The lowest BCUT2D eigenvalue weighted by Crippen LogP contribution is -2.08. The molecule has 1 N–H and O–H groups in total. The van der Waals surface area contributed by atoms with E-state index in [1.165, 1.54) is 6.07 Å². The maximum atomic E-state index is 13.1. The van der Waals surface area contributed by atoms with Gasteiger partial charge in [-0.3, -0.25) is 9.78 Å². The Morgan fingerprint density at radius 1 is 0.889 bits per heavy atom. The monoisotopic (exact) mass is 481 g/mol. The van der Waals surface area contributed by atoms with Crippen LogP contribution in [-0.4, -0.2) is 10.1 Å². The molecule has 0 amide bonds. The van der Waals surface area contributed by atoms with Crippen LogP contribution in [0.5, 0.6) is 11.5 Å². The largest absolute Gasteiger partial charge is 0.489 e. The highest BCUT2D eigenvalue weighted by molar-refractivity contribution is 5.85. The van der Waals surface area contributed by atoms with E-state index in [0.717, 1.165) is 27.6 Å². The molecular weight excluding hydrogens is 454 g/mol. The van der Waals surface area contributed by atoms with Crippen molar-refractivity contribution in [3.05, 3.63) is 112 Å². The molecule has 0 aliphatic carbocycles. The van der Waals surface area contributed by atoms with E-state index in [1.807, 2.05) is 68.4 Å². The van der Waals surface area contributed by atoms with Gasteiger partial charge in [-0.1, -0.05) is 62.4 Å². The molecule has 0 aliphatic rings. The van der Waals surface area contributed by atoms with E-state index in [-0.39, 0.29) is 24.6 Å². The summed E-state index contributed by atoms with van der Waals surface area (Å²) >= 11 is 0. The van der Waals surface area contributed by atoms with Gasteiger partial charge in [0.15, 0.2) is 5.43 Å². The molecule has 6 heteroatoms. The zero-order valence-electron chi connectivity index (χ0n) is 20.2. The van der Waals surface area contributed by atoms with Gasteiger partial charge in [0, 0.05) is 41.3 Å². The summed E-state index contributed by atoms with van der Waals surface area (Å²) in [5.74, 6) is 1.54. The van der Waals surface area contributed by atoms with Crippen molar-refractivity contribution in [3.8, 4) is 11.5 Å². The Labute approximate surface area is 208 Å². The summed E-state index contributed by atoms with van der Waals surface area (Å²) in [6, 6.07) is 22.3. The number of fused-ring (bicyclic) bond motifs is 2. The highest BCUT2D eigenvalue weighted by atomic mass is 16.5. The number of hydrogen-bond acceptors (Lipinski definition) is 6. The first-order chi connectivity index (χ1) is 17.5. The Morgan fingerprint density at radius 2 is 1.64 bits per heavy atom. The van der Waals surface area contributed by atoms with Gasteiger partial charge in [0.05, 0.1) is 12.1 Å². The third-order valence-corrected chi connectivity index (χ3v) is 6.14. The highest BCUT2D eigenvalue weighted by Crippen LogP contribution is 2.32. The van der Waals surface area contributed by atoms with Crippen LogP contribution >= 0.6 is 0 Å². The third-order valence-electron chi connectivity index (χ3n) is 6.14. The van der Waals surface area contributed by atoms with E-state index in [0.29, 0.717) is 34.8 Å². The number of ether oxygens (including phenoxy) is 2. The van der Waals surface area contributed by atoms with Gasteiger partial charge in [0.2, 0.25) is 0 Å². The fraction of sp³-hybridized carbons (Fsp3) is 0.200. The van der Waals surface area contributed by atoms with Crippen molar-refractivity contribution >= 4 is 21.9 Å². The zero-order valence-corrected chi connectivity index (χ0v) is 20.2. The molecule has 0 aliphatic heterocycles. The predicted molar refractivity (Wildman–Crippen MR) is 139 cm³/mol. The Bertz CT molecular complexity index is 1580. The minimum Gasteiger partial charge on any atom is -0.489 e. The molecule has 0 bridgehead atoms. The summed E-state index contributed by atoms with van der Waals surface area (Å²) < 4.78 is 18.4. The fourth-order valence-electron chi connectivity index (χ4n) is 4.18. The van der Waals surface area contributed by atoms with Crippen LogP contribution in [0, 0.1) is 0 Å². The molecule has 0 radical (unpaired) electrons. The number of aliphatic hydroxyl groups is 1. The molecule has 6 nitrogen and oxygen atoms in total. The molecule has 5 rings (SSSR count). The topological polar surface area (TPSA) is 81.8 Å². The van der Waals surface area contributed by atoms with Gasteiger partial charge < -0.3 is 19.0 Å². The van der Waals surface area contributed by atoms with Gasteiger partial charge in [-0.05, 0) is 17.2 Å². The van der Waals surface area contributed by atoms with Crippen LogP contribution < -0.4 is 14.9 Å². The van der Waals surface area contributed by atoms with E-state index >= 15 is 0 Å². The van der Waals surface area contributed by atoms with Crippen molar-refractivity contribution in [1.82, 2.24) is 4.98 Å². The summed E-state index contributed by atoms with van der Waals surface area (Å²) in [7, 11) is 0. The number of aromatic nitrogens is 1. The molecule has 0 atom stereocenters. The molecule has 0 unspecified atom stereocenters. The lowest BCUT2D eigenvalue weighted by Gasteiger charge is -2.15. The standard InChI is InChI=1S/C30H27NO5/c1-19(2)26-15-25(33)29-27(35-17-22-8-4-3-7-21(22)16-32)13-24(14-28(29)36-26)34-18-23-10-5-9-20-11-6-12-31-30(20)23/h3-15,19,32H,16-18H2,1-2H3. The summed E-state index contributed by atoms with van der Waals surface area (Å²) in [6.07, 6.45) is 1.76. The first-order valence-corrected chi connectivity index (χ1v) is 11.9. The maximum absolute atomic E-state index is 13.1. The number of rotatable bonds is 8. The molecule has 36 heavy (non-hydrogen) atoms. The van der Waals surface area contributed by atoms with Crippen molar-refractivity contribution in [2.24, 2.45) is 0 Å². The summed E-state index contributed by atoms with van der Waals surface area (Å²) in [6.45, 7) is 4.33. The van der Waals surface area contributed by atoms with Crippen LogP contribution in [0.3, 0.4) is 0 Å². The highest BCUT2D eigenvalue weighted by Gasteiger charge is 2.16. The second-order valence-electron chi connectivity index (χ2n) is 8.96. The van der Waals surface area contributed by atoms with Gasteiger partial charge in [-0.25, -0.2) is 0 Å². The van der Waals surface area contributed by atoms with Gasteiger partial charge in [-0.15, -0.1) is 0 Å². The average molecular weight is 482 g/mol. The van der Waals surface area contributed by atoms with Gasteiger partial charge >= 0.3 is 0 Å². The van der Waals surface area contributed by atoms with Crippen molar-refractivity contribution in [2.45, 2.75) is 39.6 Å². The van der Waals surface area contributed by atoms with E-state index in [4.69, 9.17) is 13.9 Å². The normalized spacial score (nSPS) is 11.3. The SMILES string of the molecule is CC(C)c1cc(=O)c2c(OCc3ccccc3CO)cc(OCc3cccc4cccnc34)cc2o1. The predicted octanol–water partition coefficient (Wildman–Crippen LogP) is 6.11. The van der Waals surface area contributed by atoms with Gasteiger partial charge in [0.1, 0.15) is 41.4 Å². The van der Waals surface area contributed by atoms with Crippen LogP contribution in [-0.2, 0) is 19.8 Å². The van der Waals surface area contributed by atoms with Crippen molar-refractivity contribution in [2.75, 3.05) is 0 Å². The smallest absolute Gasteiger partial charge is 0.196 e. The van der Waals surface area contributed by atoms with E-state index in [1.54, 1.807) is 18.3 Å². The zero-order chi connectivity index (χ0) is 25.1. The molecule has 3 aromatic carbocycles. The van der Waals surface area contributed by atoms with E-state index in [9.17, 15) is 9.90 Å². The first kappa shape index (κ1) is 23.6. The van der Waals surface area contributed by atoms with Crippen molar-refractivity contribution in [1.29, 1.82) is 0 Å². The quantitative estimate of drug-likeness (QED) is 0.288. The molecule has 0 saturated heterocycles. The summed E-state index contributed by atoms with van der Waals surface area (Å²) in [5, 5.41) is 11.1. The minimum atomic E-state index is -0.171. The molecule has 0 spiro atoms. The average Bonchev–Trinajstić information content (AvgIpc) is 2.90. The lowest BCUT2D eigenvalue weighted by molar-refractivity contribution is 0.268. The maximum Gasteiger partial charge on any atom is 0.196 e. The Hall–Kier alpha value is -4.16. The molecule has 0 fully saturated rings. The summed E-state index contributed by atoms with van der Waals surface area (Å²) in [4.78, 5) is 17.6. The van der Waals surface area contributed by atoms with Crippen LogP contribution in [0.25, 0.3) is 21.9 Å². The number of hydrogen-bond donors (Lipinski definition) is 1. The Kier molecular flexibility index (Phi) is 6.69. The third kappa shape index (κ3) is 4.81. The number of aliphatic hydroxyl groups excluding tert-OH is 1. The minimum absolute atomic E-state index is 0.0502. The van der Waals surface area contributed by atoms with Crippen molar-refractivity contribution in [3.63, 3.8) is 0 Å². The van der Waals surface area contributed by atoms with Gasteiger partial charge in [0.25, 0.3) is 0 Å². The van der Waals surface area contributed by atoms with Gasteiger partial charge in [-0.2, -0.15) is 0 Å². The van der Waals surface area contributed by atoms with Crippen molar-refractivity contribution < 1.29 is 19.0 Å².